The zero-order valence-corrected chi connectivity index (χ0v) is 18.8. The molecule has 1 amide bonds. The third-order valence-corrected chi connectivity index (χ3v) is 5.64. The molecule has 0 aliphatic heterocycles. The van der Waals surface area contributed by atoms with Crippen LogP contribution in [0.4, 0.5) is 0 Å². The Morgan fingerprint density at radius 3 is 2.69 bits per heavy atom. The summed E-state index contributed by atoms with van der Waals surface area (Å²) in [6.45, 7) is 5.98. The Morgan fingerprint density at radius 1 is 1.06 bits per heavy atom. The minimum absolute atomic E-state index is 0.0743. The molecule has 0 radical (unpaired) electrons. The largest absolute Gasteiger partial charge is 0.494 e. The lowest BCUT2D eigenvalue weighted by atomic mass is 10.1. The standard InChI is InChI=1S/C26H28N4O2/c1-19-11-12-22(16-20(19)2)32-15-7-14-30-24-10-5-4-9-23(24)28-25(30)18-29(3)26(31)21-8-6-13-27-17-21/h4-6,8-13,16-17H,7,14-15,18H2,1-3H3. The molecule has 0 atom stereocenters. The summed E-state index contributed by atoms with van der Waals surface area (Å²) >= 11 is 0. The van der Waals surface area contributed by atoms with Crippen molar-refractivity contribution in [2.24, 2.45) is 0 Å². The third-order valence-electron chi connectivity index (χ3n) is 5.64. The lowest BCUT2D eigenvalue weighted by Crippen LogP contribution is -2.28. The van der Waals surface area contributed by atoms with Gasteiger partial charge < -0.3 is 14.2 Å². The summed E-state index contributed by atoms with van der Waals surface area (Å²) in [5.74, 6) is 1.68. The molecule has 0 N–H and O–H groups in total. The van der Waals surface area contributed by atoms with Crippen LogP contribution in [0.2, 0.25) is 0 Å². The number of aromatic nitrogens is 3. The number of fused-ring (bicyclic) bond motifs is 1. The average Bonchev–Trinajstić information content (AvgIpc) is 3.16. The molecule has 0 aliphatic rings. The van der Waals surface area contributed by atoms with Crippen molar-refractivity contribution in [2.45, 2.75) is 33.4 Å². The number of benzene rings is 2. The zero-order valence-electron chi connectivity index (χ0n) is 18.8. The fourth-order valence-corrected chi connectivity index (χ4v) is 3.71. The SMILES string of the molecule is Cc1ccc(OCCCn2c(CN(C)C(=O)c3cccnc3)nc3ccccc32)cc1C. The molecule has 4 aromatic rings. The monoisotopic (exact) mass is 428 g/mol. The van der Waals surface area contributed by atoms with Gasteiger partial charge in [0.15, 0.2) is 0 Å². The highest BCUT2D eigenvalue weighted by Crippen LogP contribution is 2.20. The smallest absolute Gasteiger partial charge is 0.255 e. The molecule has 164 valence electrons. The second-order valence-electron chi connectivity index (χ2n) is 8.02. The van der Waals surface area contributed by atoms with Crippen molar-refractivity contribution in [1.82, 2.24) is 19.4 Å². The van der Waals surface area contributed by atoms with Crippen LogP contribution in [0.15, 0.2) is 67.0 Å². The Bertz CT molecular complexity index is 1220. The molecule has 4 rings (SSSR count). The summed E-state index contributed by atoms with van der Waals surface area (Å²) < 4.78 is 8.15. The summed E-state index contributed by atoms with van der Waals surface area (Å²) in [5.41, 5.74) is 5.05. The van der Waals surface area contributed by atoms with Gasteiger partial charge in [0.25, 0.3) is 5.91 Å². The van der Waals surface area contributed by atoms with Crippen LogP contribution in [0.1, 0.15) is 33.7 Å². The van der Waals surface area contributed by atoms with Crippen LogP contribution in [0, 0.1) is 13.8 Å². The fraction of sp³-hybridized carbons (Fsp3) is 0.269. The van der Waals surface area contributed by atoms with E-state index in [0.29, 0.717) is 18.7 Å². The number of ether oxygens (including phenoxy) is 1. The van der Waals surface area contributed by atoms with Gasteiger partial charge in [-0.3, -0.25) is 9.78 Å². The maximum atomic E-state index is 12.8. The first kappa shape index (κ1) is 21.6. The van der Waals surface area contributed by atoms with Gasteiger partial charge in [-0.25, -0.2) is 4.98 Å². The minimum atomic E-state index is -0.0743. The van der Waals surface area contributed by atoms with Crippen LogP contribution >= 0.6 is 0 Å². The maximum absolute atomic E-state index is 12.8. The van der Waals surface area contributed by atoms with E-state index < -0.39 is 0 Å². The molecular formula is C26H28N4O2. The number of imidazole rings is 1. The normalized spacial score (nSPS) is 11.0. The van der Waals surface area contributed by atoms with Crippen molar-refractivity contribution >= 4 is 16.9 Å². The molecule has 6 nitrogen and oxygen atoms in total. The van der Waals surface area contributed by atoms with Crippen molar-refractivity contribution in [1.29, 1.82) is 0 Å². The van der Waals surface area contributed by atoms with Crippen LogP contribution in [0.5, 0.6) is 5.75 Å². The van der Waals surface area contributed by atoms with E-state index in [0.717, 1.165) is 35.6 Å². The average molecular weight is 429 g/mol. The van der Waals surface area contributed by atoms with Gasteiger partial charge in [0.1, 0.15) is 11.6 Å². The van der Waals surface area contributed by atoms with Gasteiger partial charge in [-0.15, -0.1) is 0 Å². The van der Waals surface area contributed by atoms with Crippen LogP contribution in [-0.2, 0) is 13.1 Å². The van der Waals surface area contributed by atoms with Gasteiger partial charge in [0.2, 0.25) is 0 Å². The van der Waals surface area contributed by atoms with E-state index in [1.54, 1.807) is 36.5 Å². The number of nitrogens with zero attached hydrogens (tertiary/aromatic N) is 4. The van der Waals surface area contributed by atoms with Gasteiger partial charge >= 0.3 is 0 Å². The molecule has 0 fully saturated rings. The van der Waals surface area contributed by atoms with Crippen molar-refractivity contribution in [3.8, 4) is 5.75 Å². The van der Waals surface area contributed by atoms with Crippen LogP contribution in [0.3, 0.4) is 0 Å². The molecule has 2 aromatic carbocycles. The summed E-state index contributed by atoms with van der Waals surface area (Å²) in [4.78, 5) is 23.3. The molecule has 0 saturated heterocycles. The predicted octanol–water partition coefficient (Wildman–Crippen LogP) is 4.79. The van der Waals surface area contributed by atoms with E-state index in [1.165, 1.54) is 11.1 Å². The first-order valence-electron chi connectivity index (χ1n) is 10.8. The first-order valence-corrected chi connectivity index (χ1v) is 10.8. The van der Waals surface area contributed by atoms with Crippen LogP contribution in [-0.4, -0.2) is 39.0 Å². The molecule has 0 unspecified atom stereocenters. The Kier molecular flexibility index (Phi) is 6.50. The summed E-state index contributed by atoms with van der Waals surface area (Å²) in [6.07, 6.45) is 4.09. The lowest BCUT2D eigenvalue weighted by Gasteiger charge is -2.18. The Morgan fingerprint density at radius 2 is 1.91 bits per heavy atom. The van der Waals surface area contributed by atoms with E-state index >= 15 is 0 Å². The quantitative estimate of drug-likeness (QED) is 0.379. The van der Waals surface area contributed by atoms with Crippen LogP contribution < -0.4 is 4.74 Å². The molecule has 32 heavy (non-hydrogen) atoms. The van der Waals surface area contributed by atoms with Gasteiger partial charge in [0.05, 0.1) is 29.7 Å². The highest BCUT2D eigenvalue weighted by molar-refractivity contribution is 5.93. The van der Waals surface area contributed by atoms with E-state index in [4.69, 9.17) is 9.72 Å². The fourth-order valence-electron chi connectivity index (χ4n) is 3.71. The number of pyridine rings is 1. The number of carbonyl (C=O) groups excluding carboxylic acids is 1. The number of amides is 1. The number of carbonyl (C=O) groups is 1. The van der Waals surface area contributed by atoms with E-state index in [1.807, 2.05) is 24.3 Å². The van der Waals surface area contributed by atoms with E-state index in [9.17, 15) is 4.79 Å². The Balaban J connectivity index is 1.46. The lowest BCUT2D eigenvalue weighted by molar-refractivity contribution is 0.0779. The van der Waals surface area contributed by atoms with Crippen molar-refractivity contribution < 1.29 is 9.53 Å². The number of hydrogen-bond donors (Lipinski definition) is 0. The number of aryl methyl sites for hydroxylation is 3. The summed E-state index contributed by atoms with van der Waals surface area (Å²) in [6, 6.07) is 17.8. The van der Waals surface area contributed by atoms with Crippen molar-refractivity contribution in [3.63, 3.8) is 0 Å². The first-order chi connectivity index (χ1) is 15.5. The Hall–Kier alpha value is -3.67. The zero-order chi connectivity index (χ0) is 22.5. The highest BCUT2D eigenvalue weighted by Gasteiger charge is 2.17. The third kappa shape index (κ3) is 4.80. The van der Waals surface area contributed by atoms with Gasteiger partial charge in [-0.2, -0.15) is 0 Å². The maximum Gasteiger partial charge on any atom is 0.255 e. The van der Waals surface area contributed by atoms with E-state index in [2.05, 4.69) is 41.6 Å². The van der Waals surface area contributed by atoms with Crippen molar-refractivity contribution in [2.75, 3.05) is 13.7 Å². The van der Waals surface area contributed by atoms with Crippen molar-refractivity contribution in [3.05, 3.63) is 89.5 Å². The second-order valence-corrected chi connectivity index (χ2v) is 8.02. The predicted molar refractivity (Wildman–Crippen MR) is 126 cm³/mol. The molecular weight excluding hydrogens is 400 g/mol. The summed E-state index contributed by atoms with van der Waals surface area (Å²) in [7, 11) is 1.79. The molecule has 2 heterocycles. The molecule has 0 spiro atoms. The molecule has 0 bridgehead atoms. The molecule has 0 aliphatic carbocycles. The van der Waals surface area contributed by atoms with Gasteiger partial charge in [0, 0.05) is 26.0 Å². The molecule has 0 saturated carbocycles. The van der Waals surface area contributed by atoms with Gasteiger partial charge in [-0.1, -0.05) is 18.2 Å². The molecule has 6 heteroatoms. The second kappa shape index (κ2) is 9.64. The van der Waals surface area contributed by atoms with Crippen LogP contribution in [0.25, 0.3) is 11.0 Å². The minimum Gasteiger partial charge on any atom is -0.494 e. The number of hydrogen-bond acceptors (Lipinski definition) is 4. The number of rotatable bonds is 8. The van der Waals surface area contributed by atoms with E-state index in [-0.39, 0.29) is 5.91 Å². The summed E-state index contributed by atoms with van der Waals surface area (Å²) in [5, 5.41) is 0. The van der Waals surface area contributed by atoms with Gasteiger partial charge in [-0.05, 0) is 67.8 Å². The molecule has 2 aromatic heterocycles. The topological polar surface area (TPSA) is 60.2 Å². The highest BCUT2D eigenvalue weighted by atomic mass is 16.5. The Labute approximate surface area is 188 Å². The number of para-hydroxylation sites is 2.